The molecule has 0 atom stereocenters. The number of aromatic nitrogens is 1. The minimum atomic E-state index is -0.507. The molecule has 194 valence electrons. The smallest absolute Gasteiger partial charge is 0.255 e. The van der Waals surface area contributed by atoms with Crippen molar-refractivity contribution in [1.29, 1.82) is 0 Å². The van der Waals surface area contributed by atoms with E-state index < -0.39 is 5.82 Å². The molecule has 0 aliphatic heterocycles. The van der Waals surface area contributed by atoms with Crippen LogP contribution in [0.5, 0.6) is 5.75 Å². The predicted molar refractivity (Wildman–Crippen MR) is 146 cm³/mol. The van der Waals surface area contributed by atoms with Crippen LogP contribution in [-0.2, 0) is 6.54 Å². The number of hydrogen-bond acceptors (Lipinski definition) is 3. The van der Waals surface area contributed by atoms with Gasteiger partial charge in [-0.2, -0.15) is 4.57 Å². The van der Waals surface area contributed by atoms with Gasteiger partial charge in [0.1, 0.15) is 0 Å². The highest BCUT2D eigenvalue weighted by Crippen LogP contribution is 2.20. The van der Waals surface area contributed by atoms with Crippen LogP contribution in [-0.4, -0.2) is 12.5 Å². The first-order valence-electron chi connectivity index (χ1n) is 13.3. The Bertz CT molecular complexity index is 1080. The summed E-state index contributed by atoms with van der Waals surface area (Å²) in [5, 5.41) is 2.87. The minimum absolute atomic E-state index is 0.201. The van der Waals surface area contributed by atoms with Crippen molar-refractivity contribution in [3.63, 3.8) is 0 Å². The van der Waals surface area contributed by atoms with Crippen molar-refractivity contribution < 1.29 is 18.5 Å². The van der Waals surface area contributed by atoms with E-state index in [4.69, 9.17) is 4.74 Å². The second-order valence-electron chi connectivity index (χ2n) is 9.47. The van der Waals surface area contributed by atoms with Crippen LogP contribution < -0.4 is 14.6 Å². The fraction of sp³-hybridized carbons (Fsp3) is 0.467. The second kappa shape index (κ2) is 15.4. The number of rotatable bonds is 16. The van der Waals surface area contributed by atoms with Crippen molar-refractivity contribution in [2.75, 3.05) is 11.9 Å². The van der Waals surface area contributed by atoms with Gasteiger partial charge in [0.15, 0.2) is 24.3 Å². The van der Waals surface area contributed by atoms with Crippen LogP contribution in [0.4, 0.5) is 10.1 Å². The number of anilines is 1. The number of carbonyl (C=O) groups is 1. The zero-order chi connectivity index (χ0) is 25.6. The van der Waals surface area contributed by atoms with Crippen LogP contribution in [0.1, 0.15) is 91.9 Å². The van der Waals surface area contributed by atoms with E-state index in [2.05, 4.69) is 35.4 Å². The van der Waals surface area contributed by atoms with Gasteiger partial charge >= 0.3 is 0 Å². The zero-order valence-corrected chi connectivity index (χ0v) is 22.5. The molecule has 0 bridgehead atoms. The molecule has 0 saturated heterocycles. The van der Waals surface area contributed by atoms with Gasteiger partial charge in [-0.15, -0.1) is 0 Å². The van der Waals surface area contributed by atoms with Crippen molar-refractivity contribution in [2.45, 2.75) is 84.6 Å². The number of thiazole rings is 1. The van der Waals surface area contributed by atoms with E-state index in [1.807, 2.05) is 24.3 Å². The molecule has 36 heavy (non-hydrogen) atoms. The van der Waals surface area contributed by atoms with Gasteiger partial charge in [-0.25, -0.2) is 4.39 Å². The molecule has 1 N–H and O–H groups in total. The van der Waals surface area contributed by atoms with Crippen molar-refractivity contribution in [2.24, 2.45) is 0 Å². The third-order valence-electron chi connectivity index (χ3n) is 6.22. The fourth-order valence-corrected chi connectivity index (χ4v) is 4.85. The van der Waals surface area contributed by atoms with Gasteiger partial charge in [0, 0.05) is 16.8 Å². The monoisotopic (exact) mass is 511 g/mol. The average Bonchev–Trinajstić information content (AvgIpc) is 3.27. The van der Waals surface area contributed by atoms with E-state index in [9.17, 15) is 9.18 Å². The number of carbonyl (C=O) groups excluding carboxylic acids is 1. The lowest BCUT2D eigenvalue weighted by Crippen LogP contribution is -2.30. The highest BCUT2D eigenvalue weighted by molar-refractivity contribution is 7.09. The number of nitrogens with zero attached hydrogens (tertiary/aromatic N) is 1. The van der Waals surface area contributed by atoms with Gasteiger partial charge in [-0.3, -0.25) is 4.79 Å². The summed E-state index contributed by atoms with van der Waals surface area (Å²) in [6, 6.07) is 12.1. The Balaban J connectivity index is 1.39. The first-order valence-corrected chi connectivity index (χ1v) is 14.2. The van der Waals surface area contributed by atoms with Crippen LogP contribution >= 0.6 is 11.3 Å². The van der Waals surface area contributed by atoms with Crippen LogP contribution in [0, 0.1) is 12.7 Å². The first-order chi connectivity index (χ1) is 17.5. The van der Waals surface area contributed by atoms with Crippen molar-refractivity contribution in [3.8, 4) is 5.75 Å². The molecule has 3 rings (SSSR count). The molecule has 0 unspecified atom stereocenters. The summed E-state index contributed by atoms with van der Waals surface area (Å²) in [5.74, 6) is -0.647. The molecule has 1 aromatic heterocycles. The molecule has 3 aromatic rings. The molecule has 0 aliphatic carbocycles. The third-order valence-corrected chi connectivity index (χ3v) is 7.07. The molecule has 4 nitrogen and oxygen atoms in total. The molecule has 0 aliphatic rings. The molecular formula is C30H40FN2O2S+. The number of amides is 1. The number of nitrogens with one attached hydrogen (secondary N) is 1. The van der Waals surface area contributed by atoms with Gasteiger partial charge in [-0.05, 0) is 43.7 Å². The Hall–Kier alpha value is -2.73. The topological polar surface area (TPSA) is 42.2 Å². The average molecular weight is 512 g/mol. The van der Waals surface area contributed by atoms with Crippen LogP contribution in [0.2, 0.25) is 0 Å². The van der Waals surface area contributed by atoms with Gasteiger partial charge in [0.05, 0.1) is 11.5 Å². The standard InChI is InChI=1S/C30H39FN2O2S/c1-3-4-5-6-7-8-9-10-11-12-18-35-29-17-16-26(20-28(29)31)30(34)32-27-15-13-14-25(19-27)22-33-21-24(2)36-23-33/h13-17,19-21,23H,3-12,18,22H2,1-2H3/p+1. The van der Waals surface area contributed by atoms with E-state index in [-0.39, 0.29) is 17.2 Å². The lowest BCUT2D eigenvalue weighted by molar-refractivity contribution is -0.683. The summed E-state index contributed by atoms with van der Waals surface area (Å²) < 4.78 is 22.3. The second-order valence-corrected chi connectivity index (χ2v) is 10.6. The predicted octanol–water partition coefficient (Wildman–Crippen LogP) is 8.08. The molecule has 0 fully saturated rings. The summed E-state index contributed by atoms with van der Waals surface area (Å²) in [6.45, 7) is 5.54. The lowest BCUT2D eigenvalue weighted by atomic mass is 10.1. The molecule has 1 heterocycles. The van der Waals surface area contributed by atoms with Crippen molar-refractivity contribution in [1.82, 2.24) is 0 Å². The lowest BCUT2D eigenvalue weighted by Gasteiger charge is -2.10. The van der Waals surface area contributed by atoms with E-state index in [1.165, 1.54) is 62.3 Å². The third kappa shape index (κ3) is 9.73. The van der Waals surface area contributed by atoms with E-state index in [0.29, 0.717) is 12.3 Å². The molecule has 0 spiro atoms. The fourth-order valence-electron chi connectivity index (χ4n) is 4.22. The molecule has 6 heteroatoms. The maximum absolute atomic E-state index is 14.6. The maximum Gasteiger partial charge on any atom is 0.255 e. The number of ether oxygens (including phenoxy) is 1. The Morgan fingerprint density at radius 2 is 1.69 bits per heavy atom. The van der Waals surface area contributed by atoms with Crippen LogP contribution in [0.25, 0.3) is 0 Å². The SMILES string of the molecule is CCCCCCCCCCCCOc1ccc(C(=O)Nc2cccc(C[n+]3csc(C)c3)c2)cc1F. The summed E-state index contributed by atoms with van der Waals surface area (Å²) in [6.07, 6.45) is 14.6. The highest BCUT2D eigenvalue weighted by Gasteiger charge is 2.12. The van der Waals surface area contributed by atoms with Gasteiger partial charge in [-0.1, -0.05) is 88.2 Å². The Morgan fingerprint density at radius 1 is 0.972 bits per heavy atom. The van der Waals surface area contributed by atoms with Gasteiger partial charge < -0.3 is 10.1 Å². The quantitative estimate of drug-likeness (QED) is 0.156. The van der Waals surface area contributed by atoms with E-state index in [0.717, 1.165) is 24.9 Å². The summed E-state index contributed by atoms with van der Waals surface area (Å²) in [4.78, 5) is 13.9. The van der Waals surface area contributed by atoms with Gasteiger partial charge in [0.2, 0.25) is 5.51 Å². The zero-order valence-electron chi connectivity index (χ0n) is 21.7. The summed E-state index contributed by atoms with van der Waals surface area (Å²) in [7, 11) is 0. The van der Waals surface area contributed by atoms with Gasteiger partial charge in [0.25, 0.3) is 5.91 Å². The number of hydrogen-bond donors (Lipinski definition) is 1. The van der Waals surface area contributed by atoms with Crippen molar-refractivity contribution in [3.05, 3.63) is 76.0 Å². The largest absolute Gasteiger partial charge is 0.491 e. The minimum Gasteiger partial charge on any atom is -0.491 e. The van der Waals surface area contributed by atoms with Crippen molar-refractivity contribution >= 4 is 22.9 Å². The molecular weight excluding hydrogens is 471 g/mol. The summed E-state index contributed by atoms with van der Waals surface area (Å²) >= 11 is 1.70. The maximum atomic E-state index is 14.6. The van der Waals surface area contributed by atoms with E-state index >= 15 is 0 Å². The van der Waals surface area contributed by atoms with E-state index in [1.54, 1.807) is 23.5 Å². The normalized spacial score (nSPS) is 11.0. The Kier molecular flexibility index (Phi) is 11.9. The Morgan fingerprint density at radius 3 is 2.36 bits per heavy atom. The number of aryl methyl sites for hydroxylation is 1. The first kappa shape index (κ1) is 27.9. The Labute approximate surface area is 219 Å². The van der Waals surface area contributed by atoms with Crippen LogP contribution in [0.15, 0.2) is 54.2 Å². The van der Waals surface area contributed by atoms with Crippen LogP contribution in [0.3, 0.4) is 0 Å². The number of benzene rings is 2. The summed E-state index contributed by atoms with van der Waals surface area (Å²) in [5.41, 5.74) is 4.11. The molecule has 0 saturated carbocycles. The molecule has 2 aromatic carbocycles. The number of unbranched alkanes of at least 4 members (excludes halogenated alkanes) is 9. The molecule has 0 radical (unpaired) electrons. The molecule has 1 amide bonds. The number of halogens is 1. The highest BCUT2D eigenvalue weighted by atomic mass is 32.1.